The zero-order valence-electron chi connectivity index (χ0n) is 34.2. The zero-order chi connectivity index (χ0) is 44.1. The summed E-state index contributed by atoms with van der Waals surface area (Å²) in [6.07, 6.45) is 15.5. The predicted molar refractivity (Wildman–Crippen MR) is 217 cm³/mol. The Bertz CT molecular complexity index is 1590. The molecule has 20 nitrogen and oxygen atoms in total. The number of imidazole rings is 1. The Morgan fingerprint density at radius 3 is 1.64 bits per heavy atom. The number of unbranched alkanes of at least 4 members (excludes halogenated alkanes) is 12. The van der Waals surface area contributed by atoms with E-state index in [0.717, 1.165) is 25.7 Å². The lowest BCUT2D eigenvalue weighted by molar-refractivity contribution is -0.142. The lowest BCUT2D eigenvalue weighted by Gasteiger charge is -2.24. The van der Waals surface area contributed by atoms with Crippen LogP contribution < -0.4 is 37.5 Å². The van der Waals surface area contributed by atoms with Crippen LogP contribution in [-0.4, -0.2) is 101 Å². The first-order chi connectivity index (χ1) is 28.0. The number of nitrogens with zero attached hydrogens (tertiary/aromatic N) is 1. The largest absolute Gasteiger partial charge is 0.480 e. The van der Waals surface area contributed by atoms with Crippen LogP contribution in [-0.2, 0) is 54.8 Å². The van der Waals surface area contributed by atoms with Crippen LogP contribution in [0.1, 0.15) is 141 Å². The smallest absolute Gasteiger partial charge is 0.326 e. The van der Waals surface area contributed by atoms with Crippen molar-refractivity contribution in [2.75, 3.05) is 12.3 Å². The lowest BCUT2D eigenvalue weighted by Crippen LogP contribution is -2.56. The summed E-state index contributed by atoms with van der Waals surface area (Å²) in [5.74, 6) is -7.70. The van der Waals surface area contributed by atoms with Gasteiger partial charge in [0.2, 0.25) is 51.4 Å². The molecule has 0 spiro atoms. The van der Waals surface area contributed by atoms with Gasteiger partial charge in [0.1, 0.15) is 18.1 Å². The molecule has 0 aliphatic rings. The molecular weight excluding hydrogens is 791 g/mol. The van der Waals surface area contributed by atoms with Gasteiger partial charge in [-0.15, -0.1) is 0 Å². The van der Waals surface area contributed by atoms with E-state index in [9.17, 15) is 51.9 Å². The molecule has 0 fully saturated rings. The quantitative estimate of drug-likeness (QED) is 0.0429. The summed E-state index contributed by atoms with van der Waals surface area (Å²) in [4.78, 5) is 105. The second-order valence-electron chi connectivity index (χ2n) is 14.6. The number of carboxylic acids is 1. The number of aromatic nitrogens is 2. The average molecular weight is 856 g/mol. The number of amides is 7. The summed E-state index contributed by atoms with van der Waals surface area (Å²) in [6, 6.07) is -4.42. The third-order valence-corrected chi connectivity index (χ3v) is 10.6. The Kier molecular flexibility index (Phi) is 26.4. The highest BCUT2D eigenvalue weighted by Gasteiger charge is 2.30. The number of carbonyl (C=O) groups excluding carboxylic acids is 7. The van der Waals surface area contributed by atoms with Gasteiger partial charge >= 0.3 is 5.97 Å². The van der Waals surface area contributed by atoms with E-state index in [1.807, 2.05) is 4.72 Å². The first kappa shape index (κ1) is 51.9. The minimum absolute atomic E-state index is 0.0736. The van der Waals surface area contributed by atoms with Crippen LogP contribution in [0.2, 0.25) is 0 Å². The number of aromatic amines is 1. The molecule has 0 saturated carbocycles. The van der Waals surface area contributed by atoms with Crippen molar-refractivity contribution in [3.05, 3.63) is 18.2 Å². The summed E-state index contributed by atoms with van der Waals surface area (Å²) in [5, 5.41) is 18.9. The van der Waals surface area contributed by atoms with E-state index in [4.69, 9.17) is 11.5 Å². The number of carboxylic acid groups (broad SMARTS) is 1. The first-order valence-electron chi connectivity index (χ1n) is 20.5. The van der Waals surface area contributed by atoms with Crippen LogP contribution in [0, 0.1) is 0 Å². The summed E-state index contributed by atoms with van der Waals surface area (Å²) in [5.41, 5.74) is 10.8. The SMILES string of the molecule is CCCCCCCCCCCCCCCC(=O)NS(=O)(=O)CCCC(=O)NCC(=O)N[C@@H](CCC(N)=O)C(=O)N[C@@H](CCC(N)=O)C(=O)N[C@@H](Cc1cnc[nH]1)C(=O)O. The predicted octanol–water partition coefficient (Wildman–Crippen LogP) is 0.846. The van der Waals surface area contributed by atoms with Crippen LogP contribution in [0.15, 0.2) is 12.5 Å². The molecule has 7 amide bonds. The summed E-state index contributed by atoms with van der Waals surface area (Å²) in [6.45, 7) is 1.56. The van der Waals surface area contributed by atoms with Crippen molar-refractivity contribution in [2.45, 2.75) is 160 Å². The van der Waals surface area contributed by atoms with Gasteiger partial charge in [-0.2, -0.15) is 0 Å². The second kappa shape index (κ2) is 30.0. The zero-order valence-corrected chi connectivity index (χ0v) is 35.0. The van der Waals surface area contributed by atoms with Gasteiger partial charge in [-0.25, -0.2) is 18.2 Å². The van der Waals surface area contributed by atoms with Gasteiger partial charge in [0.15, 0.2) is 0 Å². The molecule has 59 heavy (non-hydrogen) atoms. The minimum Gasteiger partial charge on any atom is -0.480 e. The molecule has 0 bridgehead atoms. The summed E-state index contributed by atoms with van der Waals surface area (Å²) < 4.78 is 26.8. The molecule has 0 unspecified atom stereocenters. The molecule has 11 N–H and O–H groups in total. The third kappa shape index (κ3) is 26.5. The van der Waals surface area contributed by atoms with Gasteiger partial charge in [-0.05, 0) is 25.7 Å². The average Bonchev–Trinajstić information content (AvgIpc) is 3.68. The number of primary amides is 2. The van der Waals surface area contributed by atoms with Gasteiger partial charge in [0, 0.05) is 44.0 Å². The fourth-order valence-corrected chi connectivity index (χ4v) is 7.06. The van der Waals surface area contributed by atoms with Crippen molar-refractivity contribution in [1.29, 1.82) is 0 Å². The fourth-order valence-electron chi connectivity index (χ4n) is 5.99. The Balaban J connectivity index is 2.53. The van der Waals surface area contributed by atoms with E-state index in [2.05, 4.69) is 38.2 Å². The Hall–Kier alpha value is -5.08. The number of carbonyl (C=O) groups is 8. The van der Waals surface area contributed by atoms with Crippen molar-refractivity contribution in [2.24, 2.45) is 11.5 Å². The highest BCUT2D eigenvalue weighted by atomic mass is 32.2. The lowest BCUT2D eigenvalue weighted by atomic mass is 10.0. The van der Waals surface area contributed by atoms with Crippen LogP contribution in [0.3, 0.4) is 0 Å². The third-order valence-electron chi connectivity index (χ3n) is 9.28. The Morgan fingerprint density at radius 1 is 0.661 bits per heavy atom. The number of rotatable bonds is 35. The normalized spacial score (nSPS) is 12.7. The van der Waals surface area contributed by atoms with Crippen molar-refractivity contribution < 1.29 is 51.9 Å². The number of nitrogens with one attached hydrogen (secondary N) is 6. The molecule has 1 aromatic rings. The summed E-state index contributed by atoms with van der Waals surface area (Å²) in [7, 11) is -3.99. The standard InChI is InChI=1S/C38H65N9O11S/c1-2-3-4-5-6-7-8-9-10-11-12-13-14-16-34(51)47-59(57,58)22-15-17-33(50)42-25-35(52)44-28(18-20-31(39)48)36(53)45-29(19-21-32(40)49)37(54)46-30(38(55)56)23-27-24-41-26-43-27/h24,26,28-30H,2-23,25H2,1H3,(H2,39,48)(H2,40,49)(H,41,43)(H,42,50)(H,44,52)(H,45,53)(H,46,54)(H,47,51)(H,55,56)/t28-,29-,30-/m0/s1. The molecule has 1 aromatic heterocycles. The summed E-state index contributed by atoms with van der Waals surface area (Å²) >= 11 is 0. The monoisotopic (exact) mass is 855 g/mol. The van der Waals surface area contributed by atoms with Gasteiger partial charge in [-0.3, -0.25) is 38.3 Å². The number of aliphatic carboxylic acids is 1. The van der Waals surface area contributed by atoms with Crippen LogP contribution in [0.5, 0.6) is 0 Å². The number of nitrogens with two attached hydrogens (primary N) is 2. The van der Waals surface area contributed by atoms with E-state index in [1.54, 1.807) is 0 Å². The van der Waals surface area contributed by atoms with Gasteiger partial charge in [-0.1, -0.05) is 84.0 Å². The van der Waals surface area contributed by atoms with Crippen LogP contribution >= 0.6 is 0 Å². The molecule has 0 aliphatic carbocycles. The molecule has 1 rings (SSSR count). The van der Waals surface area contributed by atoms with E-state index in [0.29, 0.717) is 12.1 Å². The fraction of sp³-hybridized carbons (Fsp3) is 0.711. The van der Waals surface area contributed by atoms with E-state index < -0.39 is 87.8 Å². The molecule has 0 saturated heterocycles. The molecular formula is C38H65N9O11S. The molecule has 0 radical (unpaired) electrons. The van der Waals surface area contributed by atoms with Gasteiger partial charge < -0.3 is 42.8 Å². The van der Waals surface area contributed by atoms with Crippen LogP contribution in [0.4, 0.5) is 0 Å². The van der Waals surface area contributed by atoms with Gasteiger partial charge in [0.25, 0.3) is 0 Å². The molecule has 21 heteroatoms. The minimum atomic E-state index is -3.99. The van der Waals surface area contributed by atoms with E-state index >= 15 is 0 Å². The number of hydrogen-bond donors (Lipinski definition) is 9. The molecule has 334 valence electrons. The number of hydrogen-bond acceptors (Lipinski definition) is 11. The number of H-pyrrole nitrogens is 1. The van der Waals surface area contributed by atoms with Crippen molar-refractivity contribution in [3.8, 4) is 0 Å². The molecule has 0 aliphatic heterocycles. The van der Waals surface area contributed by atoms with E-state index in [-0.39, 0.29) is 51.4 Å². The maximum atomic E-state index is 13.3. The van der Waals surface area contributed by atoms with E-state index in [1.165, 1.54) is 63.9 Å². The molecule has 1 heterocycles. The maximum Gasteiger partial charge on any atom is 0.326 e. The van der Waals surface area contributed by atoms with Crippen LogP contribution in [0.25, 0.3) is 0 Å². The Morgan fingerprint density at radius 2 is 1.15 bits per heavy atom. The maximum absolute atomic E-state index is 13.3. The molecule has 3 atom stereocenters. The van der Waals surface area contributed by atoms with Gasteiger partial charge in [0.05, 0.1) is 18.6 Å². The van der Waals surface area contributed by atoms with Crippen molar-refractivity contribution in [3.63, 3.8) is 0 Å². The highest BCUT2D eigenvalue weighted by Crippen LogP contribution is 2.13. The first-order valence-corrected chi connectivity index (χ1v) is 22.1. The Labute approximate surface area is 346 Å². The number of sulfonamides is 1. The highest BCUT2D eigenvalue weighted by molar-refractivity contribution is 7.90. The molecule has 0 aromatic carbocycles. The van der Waals surface area contributed by atoms with Crippen molar-refractivity contribution in [1.82, 2.24) is 36.0 Å². The van der Waals surface area contributed by atoms with Crippen molar-refractivity contribution >= 4 is 57.3 Å². The second-order valence-corrected chi connectivity index (χ2v) is 16.4. The topological polar surface area (TPSA) is 332 Å².